The lowest BCUT2D eigenvalue weighted by Crippen LogP contribution is -2.24. The third-order valence-electron chi connectivity index (χ3n) is 2.52. The second-order valence-corrected chi connectivity index (χ2v) is 4.04. The molecule has 14 heavy (non-hydrogen) atoms. The predicted molar refractivity (Wildman–Crippen MR) is 59.2 cm³/mol. The van der Waals surface area contributed by atoms with Crippen LogP contribution in [0, 0.1) is 5.92 Å². The highest BCUT2D eigenvalue weighted by atomic mass is 16.3. The van der Waals surface area contributed by atoms with Gasteiger partial charge in [0.2, 0.25) is 0 Å². The molecule has 1 rings (SSSR count). The van der Waals surface area contributed by atoms with E-state index in [1.807, 2.05) is 12.1 Å². The van der Waals surface area contributed by atoms with Gasteiger partial charge in [-0.3, -0.25) is 0 Å². The summed E-state index contributed by atoms with van der Waals surface area (Å²) in [6.07, 6.45) is 4.28. The molecule has 0 saturated heterocycles. The highest BCUT2D eigenvalue weighted by molar-refractivity contribution is 5.02. The summed E-state index contributed by atoms with van der Waals surface area (Å²) >= 11 is 0. The maximum absolute atomic E-state index is 5.33. The fourth-order valence-corrected chi connectivity index (χ4v) is 1.61. The molecular formula is C12H21NO. The minimum atomic E-state index is 0.323. The second-order valence-electron chi connectivity index (χ2n) is 4.04. The highest BCUT2D eigenvalue weighted by Crippen LogP contribution is 2.13. The zero-order valence-corrected chi connectivity index (χ0v) is 9.42. The van der Waals surface area contributed by atoms with Crippen LogP contribution in [0.1, 0.15) is 45.4 Å². The van der Waals surface area contributed by atoms with Crippen LogP contribution >= 0.6 is 0 Å². The van der Waals surface area contributed by atoms with Gasteiger partial charge in [0, 0.05) is 0 Å². The molecule has 0 aliphatic rings. The zero-order chi connectivity index (χ0) is 10.4. The highest BCUT2D eigenvalue weighted by Gasteiger charge is 2.08. The summed E-state index contributed by atoms with van der Waals surface area (Å²) in [5.74, 6) is 1.77. The van der Waals surface area contributed by atoms with Crippen LogP contribution in [0.3, 0.4) is 0 Å². The first-order valence-corrected chi connectivity index (χ1v) is 5.50. The first-order valence-electron chi connectivity index (χ1n) is 5.50. The molecule has 1 heterocycles. The molecule has 0 aliphatic carbocycles. The Morgan fingerprint density at radius 1 is 1.43 bits per heavy atom. The van der Waals surface area contributed by atoms with Gasteiger partial charge in [0.05, 0.1) is 12.3 Å². The van der Waals surface area contributed by atoms with E-state index in [1.165, 1.54) is 12.8 Å². The van der Waals surface area contributed by atoms with Gasteiger partial charge in [0.1, 0.15) is 5.76 Å². The Morgan fingerprint density at radius 2 is 2.21 bits per heavy atom. The van der Waals surface area contributed by atoms with E-state index in [0.29, 0.717) is 6.04 Å². The Bertz CT molecular complexity index is 230. The fourth-order valence-electron chi connectivity index (χ4n) is 1.61. The summed E-state index contributed by atoms with van der Waals surface area (Å²) in [5.41, 5.74) is 0. The first kappa shape index (κ1) is 11.3. The normalized spacial score (nSPS) is 15.4. The van der Waals surface area contributed by atoms with Crippen molar-refractivity contribution in [3.8, 4) is 0 Å². The molecule has 2 nitrogen and oxygen atoms in total. The topological polar surface area (TPSA) is 25.2 Å². The Morgan fingerprint density at radius 3 is 2.79 bits per heavy atom. The van der Waals surface area contributed by atoms with Gasteiger partial charge in [0.15, 0.2) is 0 Å². The van der Waals surface area contributed by atoms with E-state index in [9.17, 15) is 0 Å². The summed E-state index contributed by atoms with van der Waals surface area (Å²) in [7, 11) is 0. The maximum Gasteiger partial charge on any atom is 0.120 e. The van der Waals surface area contributed by atoms with Gasteiger partial charge < -0.3 is 9.73 Å². The fraction of sp³-hybridized carbons (Fsp3) is 0.667. The van der Waals surface area contributed by atoms with Gasteiger partial charge in [-0.15, -0.1) is 0 Å². The Kier molecular flexibility index (Phi) is 4.74. The Balaban J connectivity index is 2.24. The SMILES string of the molecule is CCCC(C)CN[C@@H](C)c1ccco1. The number of hydrogen-bond donors (Lipinski definition) is 1. The Labute approximate surface area is 86.7 Å². The molecule has 0 aliphatic heterocycles. The van der Waals surface area contributed by atoms with Crippen molar-refractivity contribution in [3.05, 3.63) is 24.2 Å². The molecule has 2 heteroatoms. The van der Waals surface area contributed by atoms with Crippen molar-refractivity contribution in [2.45, 2.75) is 39.7 Å². The van der Waals surface area contributed by atoms with Gasteiger partial charge >= 0.3 is 0 Å². The van der Waals surface area contributed by atoms with E-state index in [2.05, 4.69) is 26.1 Å². The Hall–Kier alpha value is -0.760. The van der Waals surface area contributed by atoms with Crippen LogP contribution in [0.15, 0.2) is 22.8 Å². The standard InChI is InChI=1S/C12H21NO/c1-4-6-10(2)9-13-11(3)12-7-5-8-14-12/h5,7-8,10-11,13H,4,6,9H2,1-3H3/t10?,11-/m0/s1. The smallest absolute Gasteiger partial charge is 0.120 e. The third-order valence-corrected chi connectivity index (χ3v) is 2.52. The molecule has 0 saturated carbocycles. The molecule has 1 unspecified atom stereocenters. The van der Waals surface area contributed by atoms with E-state index in [1.54, 1.807) is 6.26 Å². The molecular weight excluding hydrogens is 174 g/mol. The summed E-state index contributed by atoms with van der Waals surface area (Å²) < 4.78 is 5.33. The van der Waals surface area contributed by atoms with Gasteiger partial charge in [-0.25, -0.2) is 0 Å². The molecule has 2 atom stereocenters. The van der Waals surface area contributed by atoms with Crippen LogP contribution in [0.25, 0.3) is 0 Å². The second kappa shape index (κ2) is 5.86. The van der Waals surface area contributed by atoms with Gasteiger partial charge in [-0.05, 0) is 37.9 Å². The number of hydrogen-bond acceptors (Lipinski definition) is 2. The quantitative estimate of drug-likeness (QED) is 0.753. The third kappa shape index (κ3) is 3.54. The lowest BCUT2D eigenvalue weighted by molar-refractivity contribution is 0.393. The minimum absolute atomic E-state index is 0.323. The molecule has 80 valence electrons. The van der Waals surface area contributed by atoms with Gasteiger partial charge in [0.25, 0.3) is 0 Å². The van der Waals surface area contributed by atoms with Gasteiger partial charge in [-0.1, -0.05) is 20.3 Å². The molecule has 0 fully saturated rings. The van der Waals surface area contributed by atoms with Crippen molar-refractivity contribution in [2.24, 2.45) is 5.92 Å². The maximum atomic E-state index is 5.33. The average Bonchev–Trinajstić information content (AvgIpc) is 2.67. The largest absolute Gasteiger partial charge is 0.468 e. The molecule has 0 radical (unpaired) electrons. The first-order chi connectivity index (χ1) is 6.74. The van der Waals surface area contributed by atoms with E-state index in [0.717, 1.165) is 18.2 Å². The van der Waals surface area contributed by atoms with Crippen LogP contribution in [0.4, 0.5) is 0 Å². The summed E-state index contributed by atoms with van der Waals surface area (Å²) in [6, 6.07) is 4.27. The van der Waals surface area contributed by atoms with Crippen molar-refractivity contribution in [1.82, 2.24) is 5.32 Å². The lowest BCUT2D eigenvalue weighted by Gasteiger charge is -2.15. The summed E-state index contributed by atoms with van der Waals surface area (Å²) in [5, 5.41) is 3.48. The molecule has 0 bridgehead atoms. The van der Waals surface area contributed by atoms with Crippen LogP contribution in [0.5, 0.6) is 0 Å². The number of rotatable bonds is 6. The minimum Gasteiger partial charge on any atom is -0.468 e. The molecule has 1 N–H and O–H groups in total. The van der Waals surface area contributed by atoms with Crippen LogP contribution in [-0.4, -0.2) is 6.54 Å². The summed E-state index contributed by atoms with van der Waals surface area (Å²) in [6.45, 7) is 7.71. The van der Waals surface area contributed by atoms with E-state index >= 15 is 0 Å². The molecule has 0 spiro atoms. The van der Waals surface area contributed by atoms with Crippen LogP contribution in [-0.2, 0) is 0 Å². The molecule has 0 amide bonds. The molecule has 1 aromatic heterocycles. The monoisotopic (exact) mass is 195 g/mol. The van der Waals surface area contributed by atoms with Crippen molar-refractivity contribution in [3.63, 3.8) is 0 Å². The average molecular weight is 195 g/mol. The van der Waals surface area contributed by atoms with Crippen molar-refractivity contribution in [1.29, 1.82) is 0 Å². The van der Waals surface area contributed by atoms with Crippen LogP contribution in [0.2, 0.25) is 0 Å². The predicted octanol–water partition coefficient (Wildman–Crippen LogP) is 3.37. The molecule has 0 aromatic carbocycles. The van der Waals surface area contributed by atoms with Gasteiger partial charge in [-0.2, -0.15) is 0 Å². The van der Waals surface area contributed by atoms with E-state index in [-0.39, 0.29) is 0 Å². The number of furan rings is 1. The van der Waals surface area contributed by atoms with Crippen LogP contribution < -0.4 is 5.32 Å². The zero-order valence-electron chi connectivity index (χ0n) is 9.42. The lowest BCUT2D eigenvalue weighted by atomic mass is 10.1. The number of nitrogens with one attached hydrogen (secondary N) is 1. The summed E-state index contributed by atoms with van der Waals surface area (Å²) in [4.78, 5) is 0. The van der Waals surface area contributed by atoms with Crippen molar-refractivity contribution in [2.75, 3.05) is 6.54 Å². The van der Waals surface area contributed by atoms with E-state index in [4.69, 9.17) is 4.42 Å². The molecule has 1 aromatic rings. The van der Waals surface area contributed by atoms with Crippen molar-refractivity contribution >= 4 is 0 Å². The van der Waals surface area contributed by atoms with E-state index < -0.39 is 0 Å². The van der Waals surface area contributed by atoms with Crippen molar-refractivity contribution < 1.29 is 4.42 Å².